The maximum Gasteiger partial charge on any atom is 0.233 e. The van der Waals surface area contributed by atoms with Crippen LogP contribution in [-0.2, 0) is 16.0 Å². The largest absolute Gasteiger partial charge is 0.497 e. The molecule has 5 nitrogen and oxygen atoms in total. The lowest BCUT2D eigenvalue weighted by Crippen LogP contribution is -2.29. The molecule has 0 aliphatic heterocycles. The number of halogens is 1. The molecule has 0 aliphatic rings. The summed E-state index contributed by atoms with van der Waals surface area (Å²) in [5, 5.41) is 6.05. The number of hydrogen-bond donors (Lipinski definition) is 2. The standard InChI is InChI=1S/C18H19ClN2O3/c1-24-16-7-3-6-15(11-16)21-18(23)12-17(22)20-9-8-13-4-2-5-14(19)10-13/h2-7,10-11H,8-9,12H2,1H3,(H,20,22)(H,21,23). The number of rotatable bonds is 7. The van der Waals surface area contributed by atoms with Crippen molar-refractivity contribution >= 4 is 29.1 Å². The van der Waals surface area contributed by atoms with Crippen LogP contribution in [0.3, 0.4) is 0 Å². The number of amides is 2. The molecule has 0 saturated carbocycles. The number of ether oxygens (including phenoxy) is 1. The molecule has 0 aromatic heterocycles. The lowest BCUT2D eigenvalue weighted by Gasteiger charge is -2.08. The van der Waals surface area contributed by atoms with Gasteiger partial charge in [-0.2, -0.15) is 0 Å². The fourth-order valence-corrected chi connectivity index (χ4v) is 2.37. The summed E-state index contributed by atoms with van der Waals surface area (Å²) < 4.78 is 5.08. The first kappa shape index (κ1) is 17.8. The molecule has 0 saturated heterocycles. The van der Waals surface area contributed by atoms with Crippen LogP contribution in [0, 0.1) is 0 Å². The summed E-state index contributed by atoms with van der Waals surface area (Å²) in [5.74, 6) is -0.0558. The van der Waals surface area contributed by atoms with Crippen LogP contribution >= 0.6 is 11.6 Å². The van der Waals surface area contributed by atoms with Gasteiger partial charge in [0, 0.05) is 23.3 Å². The van der Waals surface area contributed by atoms with Gasteiger partial charge in [-0.05, 0) is 36.2 Å². The number of carbonyl (C=O) groups excluding carboxylic acids is 2. The van der Waals surface area contributed by atoms with E-state index in [1.165, 1.54) is 0 Å². The van der Waals surface area contributed by atoms with E-state index in [9.17, 15) is 9.59 Å². The molecule has 0 spiro atoms. The molecule has 0 heterocycles. The molecule has 2 N–H and O–H groups in total. The molecule has 0 aliphatic carbocycles. The van der Waals surface area contributed by atoms with Crippen molar-refractivity contribution in [1.82, 2.24) is 5.32 Å². The molecule has 0 bridgehead atoms. The molecular weight excluding hydrogens is 328 g/mol. The highest BCUT2D eigenvalue weighted by atomic mass is 35.5. The molecular formula is C18H19ClN2O3. The minimum Gasteiger partial charge on any atom is -0.497 e. The summed E-state index contributed by atoms with van der Waals surface area (Å²) in [6, 6.07) is 14.4. The van der Waals surface area contributed by atoms with E-state index < -0.39 is 0 Å². The zero-order valence-corrected chi connectivity index (χ0v) is 14.1. The minimum absolute atomic E-state index is 0.229. The normalized spacial score (nSPS) is 10.1. The van der Waals surface area contributed by atoms with Crippen molar-refractivity contribution in [3.63, 3.8) is 0 Å². The van der Waals surface area contributed by atoms with E-state index in [-0.39, 0.29) is 18.2 Å². The van der Waals surface area contributed by atoms with Crippen molar-refractivity contribution in [2.45, 2.75) is 12.8 Å². The Morgan fingerprint density at radius 1 is 1.08 bits per heavy atom. The Morgan fingerprint density at radius 2 is 1.88 bits per heavy atom. The maximum absolute atomic E-state index is 11.9. The summed E-state index contributed by atoms with van der Waals surface area (Å²) in [6.45, 7) is 0.450. The number of methoxy groups -OCH3 is 1. The quantitative estimate of drug-likeness (QED) is 0.757. The van der Waals surface area contributed by atoms with E-state index >= 15 is 0 Å². The average Bonchev–Trinajstić information content (AvgIpc) is 2.55. The molecule has 2 aromatic carbocycles. The first-order chi connectivity index (χ1) is 11.6. The van der Waals surface area contributed by atoms with Crippen molar-refractivity contribution in [3.05, 3.63) is 59.1 Å². The van der Waals surface area contributed by atoms with Gasteiger partial charge in [-0.25, -0.2) is 0 Å². The summed E-state index contributed by atoms with van der Waals surface area (Å²) in [5.41, 5.74) is 1.62. The summed E-state index contributed by atoms with van der Waals surface area (Å²) >= 11 is 5.90. The molecule has 2 aromatic rings. The van der Waals surface area contributed by atoms with Crippen LogP contribution in [0.5, 0.6) is 5.75 Å². The number of nitrogens with one attached hydrogen (secondary N) is 2. The highest BCUT2D eigenvalue weighted by Gasteiger charge is 2.09. The van der Waals surface area contributed by atoms with Crippen molar-refractivity contribution in [2.24, 2.45) is 0 Å². The summed E-state index contributed by atoms with van der Waals surface area (Å²) in [7, 11) is 1.55. The van der Waals surface area contributed by atoms with Crippen LogP contribution in [0.4, 0.5) is 5.69 Å². The maximum atomic E-state index is 11.9. The van der Waals surface area contributed by atoms with E-state index in [4.69, 9.17) is 16.3 Å². The third-order valence-corrected chi connectivity index (χ3v) is 3.53. The highest BCUT2D eigenvalue weighted by Crippen LogP contribution is 2.16. The van der Waals surface area contributed by atoms with Crippen LogP contribution in [-0.4, -0.2) is 25.5 Å². The zero-order chi connectivity index (χ0) is 17.4. The average molecular weight is 347 g/mol. The number of carbonyl (C=O) groups is 2. The van der Waals surface area contributed by atoms with E-state index in [1.54, 1.807) is 37.4 Å². The Labute approximate surface area is 146 Å². The van der Waals surface area contributed by atoms with E-state index in [1.807, 2.05) is 18.2 Å². The SMILES string of the molecule is COc1cccc(NC(=O)CC(=O)NCCc2cccc(Cl)c2)c1. The predicted molar refractivity (Wildman–Crippen MR) is 94.4 cm³/mol. The number of hydrogen-bond acceptors (Lipinski definition) is 3. The van der Waals surface area contributed by atoms with E-state index in [0.29, 0.717) is 29.4 Å². The van der Waals surface area contributed by atoms with Crippen molar-refractivity contribution in [1.29, 1.82) is 0 Å². The van der Waals surface area contributed by atoms with Crippen LogP contribution in [0.2, 0.25) is 5.02 Å². The van der Waals surface area contributed by atoms with Crippen molar-refractivity contribution < 1.29 is 14.3 Å². The second kappa shape index (κ2) is 8.93. The molecule has 0 atom stereocenters. The Kier molecular flexibility index (Phi) is 6.63. The van der Waals surface area contributed by atoms with Crippen LogP contribution in [0.1, 0.15) is 12.0 Å². The smallest absolute Gasteiger partial charge is 0.233 e. The van der Waals surface area contributed by atoms with Crippen LogP contribution in [0.15, 0.2) is 48.5 Å². The fraction of sp³-hybridized carbons (Fsp3) is 0.222. The van der Waals surface area contributed by atoms with Gasteiger partial charge in [0.15, 0.2) is 0 Å². The molecule has 6 heteroatoms. The molecule has 126 valence electrons. The van der Waals surface area contributed by atoms with Crippen LogP contribution in [0.25, 0.3) is 0 Å². The second-order valence-corrected chi connectivity index (χ2v) is 5.62. The summed E-state index contributed by atoms with van der Waals surface area (Å²) in [4.78, 5) is 23.7. The molecule has 2 amide bonds. The van der Waals surface area contributed by atoms with Gasteiger partial charge in [0.2, 0.25) is 11.8 Å². The predicted octanol–water partition coefficient (Wildman–Crippen LogP) is 3.04. The Bertz CT molecular complexity index is 719. The van der Waals surface area contributed by atoms with E-state index in [2.05, 4.69) is 10.6 Å². The minimum atomic E-state index is -0.372. The second-order valence-electron chi connectivity index (χ2n) is 5.19. The number of anilines is 1. The lowest BCUT2D eigenvalue weighted by molar-refractivity contribution is -0.126. The first-order valence-corrected chi connectivity index (χ1v) is 7.89. The van der Waals surface area contributed by atoms with Gasteiger partial charge in [-0.1, -0.05) is 29.8 Å². The fourth-order valence-electron chi connectivity index (χ4n) is 2.15. The third kappa shape index (κ3) is 5.93. The third-order valence-electron chi connectivity index (χ3n) is 3.30. The van der Waals surface area contributed by atoms with Crippen LogP contribution < -0.4 is 15.4 Å². The Morgan fingerprint density at radius 3 is 2.62 bits per heavy atom. The van der Waals surface area contributed by atoms with Gasteiger partial charge in [0.1, 0.15) is 12.2 Å². The van der Waals surface area contributed by atoms with E-state index in [0.717, 1.165) is 5.56 Å². The zero-order valence-electron chi connectivity index (χ0n) is 13.3. The first-order valence-electron chi connectivity index (χ1n) is 7.52. The van der Waals surface area contributed by atoms with Gasteiger partial charge in [-0.15, -0.1) is 0 Å². The number of benzene rings is 2. The lowest BCUT2D eigenvalue weighted by atomic mass is 10.1. The Balaban J connectivity index is 1.74. The monoisotopic (exact) mass is 346 g/mol. The van der Waals surface area contributed by atoms with Gasteiger partial charge in [0.05, 0.1) is 7.11 Å². The van der Waals surface area contributed by atoms with Crippen molar-refractivity contribution in [2.75, 3.05) is 19.0 Å². The molecule has 0 radical (unpaired) electrons. The Hall–Kier alpha value is -2.53. The highest BCUT2D eigenvalue weighted by molar-refractivity contribution is 6.30. The van der Waals surface area contributed by atoms with Gasteiger partial charge in [-0.3, -0.25) is 9.59 Å². The summed E-state index contributed by atoms with van der Waals surface area (Å²) in [6.07, 6.45) is 0.427. The topological polar surface area (TPSA) is 67.4 Å². The van der Waals surface area contributed by atoms with Crippen molar-refractivity contribution in [3.8, 4) is 5.75 Å². The molecule has 0 fully saturated rings. The van der Waals surface area contributed by atoms with Gasteiger partial charge < -0.3 is 15.4 Å². The van der Waals surface area contributed by atoms with Gasteiger partial charge >= 0.3 is 0 Å². The molecule has 0 unspecified atom stereocenters. The molecule has 24 heavy (non-hydrogen) atoms. The van der Waals surface area contributed by atoms with Gasteiger partial charge in [0.25, 0.3) is 0 Å². The molecule has 2 rings (SSSR count).